The van der Waals surface area contributed by atoms with Gasteiger partial charge < -0.3 is 14.9 Å². The second-order valence-electron chi connectivity index (χ2n) is 3.86. The third-order valence-electron chi connectivity index (χ3n) is 2.36. The topological polar surface area (TPSA) is 65.5 Å². The van der Waals surface area contributed by atoms with Gasteiger partial charge in [0.25, 0.3) is 0 Å². The Hall–Kier alpha value is -2.23. The summed E-state index contributed by atoms with van der Waals surface area (Å²) in [6.45, 7) is 3.86. The minimum atomic E-state index is -0.548. The number of carbonyl (C=O) groups excluding carboxylic acids is 1. The first kappa shape index (κ1) is 11.3. The summed E-state index contributed by atoms with van der Waals surface area (Å²) < 4.78 is 10.2. The van der Waals surface area contributed by atoms with Crippen molar-refractivity contribution in [3.05, 3.63) is 47.2 Å². The quantitative estimate of drug-likeness (QED) is 0.637. The number of benzene rings is 1. The number of hydrogen-bond donors (Lipinski definition) is 1. The molecule has 88 valence electrons. The number of esters is 1. The van der Waals surface area contributed by atoms with Crippen molar-refractivity contribution >= 4 is 11.9 Å². The van der Waals surface area contributed by atoms with Crippen molar-refractivity contribution in [3.8, 4) is 5.75 Å². The summed E-state index contributed by atoms with van der Waals surface area (Å²) in [7, 11) is 0. The fraction of sp³-hybridized carbons (Fsp3) is 0.154. The molecule has 0 radical (unpaired) electrons. The molecule has 0 aliphatic heterocycles. The molecular weight excluding hydrogens is 218 g/mol. The lowest BCUT2D eigenvalue weighted by Gasteiger charge is -2.06. The van der Waals surface area contributed by atoms with E-state index in [1.807, 2.05) is 26.0 Å². The van der Waals surface area contributed by atoms with Gasteiger partial charge in [0.05, 0.1) is 0 Å². The van der Waals surface area contributed by atoms with Crippen molar-refractivity contribution in [2.24, 2.45) is 0 Å². The zero-order chi connectivity index (χ0) is 12.4. The van der Waals surface area contributed by atoms with Crippen LogP contribution in [0.5, 0.6) is 5.75 Å². The normalized spacial score (nSPS) is 10.2. The van der Waals surface area contributed by atoms with E-state index in [4.69, 9.17) is 14.9 Å². The van der Waals surface area contributed by atoms with Gasteiger partial charge in [0.2, 0.25) is 5.76 Å². The number of furan rings is 1. The summed E-state index contributed by atoms with van der Waals surface area (Å²) in [4.78, 5) is 11.7. The molecular formula is C13H13NO3. The number of aryl methyl sites for hydroxylation is 2. The van der Waals surface area contributed by atoms with Gasteiger partial charge in [0, 0.05) is 6.07 Å². The molecule has 0 fully saturated rings. The smallest absolute Gasteiger partial charge is 0.379 e. The van der Waals surface area contributed by atoms with Crippen molar-refractivity contribution < 1.29 is 13.9 Å². The van der Waals surface area contributed by atoms with E-state index in [-0.39, 0.29) is 11.6 Å². The molecule has 2 rings (SSSR count). The second kappa shape index (κ2) is 4.33. The van der Waals surface area contributed by atoms with Gasteiger partial charge in [0.1, 0.15) is 5.75 Å². The largest absolute Gasteiger partial charge is 0.434 e. The summed E-state index contributed by atoms with van der Waals surface area (Å²) >= 11 is 0. The molecule has 0 aliphatic rings. The van der Waals surface area contributed by atoms with Crippen LogP contribution in [0.4, 0.5) is 5.88 Å². The maximum atomic E-state index is 11.7. The highest BCUT2D eigenvalue weighted by Crippen LogP contribution is 2.20. The number of anilines is 1. The van der Waals surface area contributed by atoms with Crippen LogP contribution >= 0.6 is 0 Å². The van der Waals surface area contributed by atoms with Gasteiger partial charge in [-0.05, 0) is 31.5 Å². The van der Waals surface area contributed by atoms with Gasteiger partial charge >= 0.3 is 5.97 Å². The molecule has 0 bridgehead atoms. The third kappa shape index (κ3) is 2.47. The van der Waals surface area contributed by atoms with Crippen LogP contribution in [0.3, 0.4) is 0 Å². The fourth-order valence-corrected chi connectivity index (χ4v) is 1.53. The number of hydrogen-bond acceptors (Lipinski definition) is 4. The van der Waals surface area contributed by atoms with E-state index >= 15 is 0 Å². The molecule has 0 saturated heterocycles. The first-order chi connectivity index (χ1) is 8.06. The Bertz CT molecular complexity index is 558. The standard InChI is InChI=1S/C13H13NO3/c1-8-3-4-10(9(2)7-8)17-13(15)11-5-6-12(14)16-11/h3-7H,14H2,1-2H3. The molecule has 0 spiro atoms. The molecule has 0 saturated carbocycles. The fourth-order valence-electron chi connectivity index (χ4n) is 1.53. The van der Waals surface area contributed by atoms with E-state index < -0.39 is 5.97 Å². The number of ether oxygens (including phenoxy) is 1. The van der Waals surface area contributed by atoms with Crippen LogP contribution in [-0.2, 0) is 0 Å². The van der Waals surface area contributed by atoms with Gasteiger partial charge in [-0.1, -0.05) is 17.7 Å². The van der Waals surface area contributed by atoms with E-state index in [0.717, 1.165) is 11.1 Å². The lowest BCUT2D eigenvalue weighted by molar-refractivity contribution is 0.0701. The van der Waals surface area contributed by atoms with Crippen LogP contribution < -0.4 is 10.5 Å². The average molecular weight is 231 g/mol. The Morgan fingerprint density at radius 1 is 1.24 bits per heavy atom. The molecule has 0 aliphatic carbocycles. The molecule has 1 aromatic carbocycles. The molecule has 1 aromatic heterocycles. The van der Waals surface area contributed by atoms with E-state index in [1.165, 1.54) is 12.1 Å². The molecule has 1 heterocycles. The highest BCUT2D eigenvalue weighted by molar-refractivity contribution is 5.88. The Balaban J connectivity index is 2.18. The van der Waals surface area contributed by atoms with Crippen LogP contribution in [0.25, 0.3) is 0 Å². The van der Waals surface area contributed by atoms with Crippen LogP contribution in [-0.4, -0.2) is 5.97 Å². The van der Waals surface area contributed by atoms with Crippen molar-refractivity contribution in [2.75, 3.05) is 5.73 Å². The predicted octanol–water partition coefficient (Wildman–Crippen LogP) is 2.70. The average Bonchev–Trinajstić information content (AvgIpc) is 2.69. The molecule has 0 unspecified atom stereocenters. The Morgan fingerprint density at radius 2 is 2.00 bits per heavy atom. The summed E-state index contributed by atoms with van der Waals surface area (Å²) in [5, 5.41) is 0. The minimum Gasteiger partial charge on any atom is -0.434 e. The molecule has 4 nitrogen and oxygen atoms in total. The van der Waals surface area contributed by atoms with Gasteiger partial charge in [-0.2, -0.15) is 0 Å². The number of carbonyl (C=O) groups is 1. The highest BCUT2D eigenvalue weighted by atomic mass is 16.5. The Labute approximate surface area is 99.0 Å². The van der Waals surface area contributed by atoms with E-state index in [0.29, 0.717) is 5.75 Å². The number of nitrogen functional groups attached to an aromatic ring is 1. The highest BCUT2D eigenvalue weighted by Gasteiger charge is 2.13. The summed E-state index contributed by atoms with van der Waals surface area (Å²) in [6.07, 6.45) is 0. The summed E-state index contributed by atoms with van der Waals surface area (Å²) in [5.41, 5.74) is 7.40. The van der Waals surface area contributed by atoms with Gasteiger partial charge in [0.15, 0.2) is 5.88 Å². The Morgan fingerprint density at radius 3 is 2.59 bits per heavy atom. The zero-order valence-corrected chi connectivity index (χ0v) is 9.69. The predicted molar refractivity (Wildman–Crippen MR) is 64.0 cm³/mol. The van der Waals surface area contributed by atoms with Gasteiger partial charge in [-0.25, -0.2) is 4.79 Å². The van der Waals surface area contributed by atoms with Gasteiger partial charge in [-0.3, -0.25) is 0 Å². The van der Waals surface area contributed by atoms with Crippen LogP contribution in [0.1, 0.15) is 21.7 Å². The first-order valence-corrected chi connectivity index (χ1v) is 5.21. The number of nitrogens with two attached hydrogens (primary N) is 1. The van der Waals surface area contributed by atoms with Crippen LogP contribution in [0, 0.1) is 13.8 Å². The molecule has 0 amide bonds. The Kier molecular flexibility index (Phi) is 2.87. The monoisotopic (exact) mass is 231 g/mol. The van der Waals surface area contributed by atoms with Crippen molar-refractivity contribution in [3.63, 3.8) is 0 Å². The van der Waals surface area contributed by atoms with Crippen molar-refractivity contribution in [1.82, 2.24) is 0 Å². The lowest BCUT2D eigenvalue weighted by atomic mass is 10.1. The van der Waals surface area contributed by atoms with E-state index in [9.17, 15) is 4.79 Å². The summed E-state index contributed by atoms with van der Waals surface area (Å²) in [5.74, 6) is 0.268. The maximum Gasteiger partial charge on any atom is 0.379 e. The van der Waals surface area contributed by atoms with Crippen molar-refractivity contribution in [1.29, 1.82) is 0 Å². The van der Waals surface area contributed by atoms with E-state index in [2.05, 4.69) is 0 Å². The maximum absolute atomic E-state index is 11.7. The molecule has 2 aromatic rings. The molecule has 2 N–H and O–H groups in total. The van der Waals surface area contributed by atoms with Crippen molar-refractivity contribution in [2.45, 2.75) is 13.8 Å². The van der Waals surface area contributed by atoms with E-state index in [1.54, 1.807) is 6.07 Å². The molecule has 4 heteroatoms. The van der Waals surface area contributed by atoms with Crippen LogP contribution in [0.15, 0.2) is 34.7 Å². The molecule has 0 atom stereocenters. The second-order valence-corrected chi connectivity index (χ2v) is 3.86. The number of rotatable bonds is 2. The first-order valence-electron chi connectivity index (χ1n) is 5.21. The van der Waals surface area contributed by atoms with Crippen LogP contribution in [0.2, 0.25) is 0 Å². The van der Waals surface area contributed by atoms with Gasteiger partial charge in [-0.15, -0.1) is 0 Å². The SMILES string of the molecule is Cc1ccc(OC(=O)c2ccc(N)o2)c(C)c1. The summed E-state index contributed by atoms with van der Waals surface area (Å²) in [6, 6.07) is 8.58. The minimum absolute atomic E-state index is 0.0995. The third-order valence-corrected chi connectivity index (χ3v) is 2.36. The lowest BCUT2D eigenvalue weighted by Crippen LogP contribution is -2.08. The molecule has 17 heavy (non-hydrogen) atoms. The zero-order valence-electron chi connectivity index (χ0n) is 9.69.